The van der Waals surface area contributed by atoms with Gasteiger partial charge in [0.25, 0.3) is 5.91 Å². The molecule has 2 rings (SSSR count). The number of hydrogen-bond donors (Lipinski definition) is 1. The van der Waals surface area contributed by atoms with Gasteiger partial charge in [-0.15, -0.1) is 0 Å². The van der Waals surface area contributed by atoms with Gasteiger partial charge in [-0.3, -0.25) is 9.69 Å². The molecule has 0 saturated carbocycles. The van der Waals surface area contributed by atoms with Crippen molar-refractivity contribution in [1.29, 1.82) is 0 Å². The maximum atomic E-state index is 12.2. The van der Waals surface area contributed by atoms with Gasteiger partial charge in [-0.25, -0.2) is 0 Å². The lowest BCUT2D eigenvalue weighted by atomic mass is 9.93. The summed E-state index contributed by atoms with van der Waals surface area (Å²) >= 11 is 0. The molecule has 4 heteroatoms. The van der Waals surface area contributed by atoms with Crippen molar-refractivity contribution in [2.45, 2.75) is 32.6 Å². The number of nitrogens with zero attached hydrogens (tertiary/aromatic N) is 1. The number of morpholine rings is 1. The lowest BCUT2D eigenvalue weighted by Crippen LogP contribution is -2.41. The van der Waals surface area contributed by atoms with Gasteiger partial charge in [-0.05, 0) is 36.5 Å². The second-order valence-corrected chi connectivity index (χ2v) is 5.85. The van der Waals surface area contributed by atoms with Crippen LogP contribution in [-0.4, -0.2) is 50.2 Å². The first-order valence-corrected chi connectivity index (χ1v) is 8.42. The van der Waals surface area contributed by atoms with E-state index < -0.39 is 0 Å². The molecule has 1 N–H and O–H groups in total. The first-order valence-electron chi connectivity index (χ1n) is 8.42. The maximum Gasteiger partial charge on any atom is 0.251 e. The third kappa shape index (κ3) is 4.82. The van der Waals surface area contributed by atoms with E-state index in [4.69, 9.17) is 4.74 Å². The molecule has 4 nitrogen and oxygen atoms in total. The summed E-state index contributed by atoms with van der Waals surface area (Å²) < 4.78 is 5.32. The summed E-state index contributed by atoms with van der Waals surface area (Å²) in [6.07, 6.45) is 2.28. The number of amides is 1. The molecule has 0 spiro atoms. The van der Waals surface area contributed by atoms with Crippen LogP contribution in [0.25, 0.3) is 0 Å². The molecule has 0 unspecified atom stereocenters. The summed E-state index contributed by atoms with van der Waals surface area (Å²) in [5, 5.41) is 3.00. The largest absolute Gasteiger partial charge is 0.379 e. The summed E-state index contributed by atoms with van der Waals surface area (Å²) in [6.45, 7) is 9.51. The number of hydrogen-bond acceptors (Lipinski definition) is 3. The van der Waals surface area contributed by atoms with E-state index in [1.165, 1.54) is 5.56 Å². The normalized spacial score (nSPS) is 16.0. The minimum Gasteiger partial charge on any atom is -0.379 e. The molecular formula is C18H28N2O2. The van der Waals surface area contributed by atoms with Crippen LogP contribution in [-0.2, 0) is 4.74 Å². The van der Waals surface area contributed by atoms with Gasteiger partial charge in [0, 0.05) is 31.7 Å². The third-order valence-corrected chi connectivity index (χ3v) is 4.45. The zero-order chi connectivity index (χ0) is 15.8. The van der Waals surface area contributed by atoms with Crippen LogP contribution in [0.2, 0.25) is 0 Å². The van der Waals surface area contributed by atoms with Gasteiger partial charge in [0.2, 0.25) is 0 Å². The fourth-order valence-corrected chi connectivity index (χ4v) is 2.92. The minimum atomic E-state index is 0.0179. The van der Waals surface area contributed by atoms with E-state index in [1.54, 1.807) is 0 Å². The lowest BCUT2D eigenvalue weighted by Gasteiger charge is -2.26. The molecule has 1 aliphatic heterocycles. The molecule has 1 aromatic rings. The summed E-state index contributed by atoms with van der Waals surface area (Å²) in [6, 6.07) is 8.07. The van der Waals surface area contributed by atoms with Crippen molar-refractivity contribution in [3.05, 3.63) is 35.4 Å². The lowest BCUT2D eigenvalue weighted by molar-refractivity contribution is 0.0383. The number of nitrogens with one attached hydrogen (secondary N) is 1. The minimum absolute atomic E-state index is 0.0179. The van der Waals surface area contributed by atoms with E-state index in [0.717, 1.165) is 51.3 Å². The third-order valence-electron chi connectivity index (χ3n) is 4.45. The standard InChI is InChI=1S/C18H28N2O2/c1-3-15(4-2)16-5-7-17(8-6-16)18(21)19-9-10-20-11-13-22-14-12-20/h5-8,15H,3-4,9-14H2,1-2H3,(H,19,21). The van der Waals surface area contributed by atoms with E-state index in [9.17, 15) is 4.79 Å². The predicted octanol–water partition coefficient (Wildman–Crippen LogP) is 2.65. The Kier molecular flexibility index (Phi) is 6.87. The Morgan fingerprint density at radius 3 is 2.41 bits per heavy atom. The molecule has 1 amide bonds. The van der Waals surface area contributed by atoms with E-state index in [0.29, 0.717) is 12.5 Å². The highest BCUT2D eigenvalue weighted by Crippen LogP contribution is 2.22. The molecule has 1 aromatic carbocycles. The Balaban J connectivity index is 1.79. The Morgan fingerprint density at radius 2 is 1.82 bits per heavy atom. The zero-order valence-corrected chi connectivity index (χ0v) is 13.8. The fourth-order valence-electron chi connectivity index (χ4n) is 2.92. The fraction of sp³-hybridized carbons (Fsp3) is 0.611. The Morgan fingerprint density at radius 1 is 1.18 bits per heavy atom. The van der Waals surface area contributed by atoms with Gasteiger partial charge in [-0.2, -0.15) is 0 Å². The average Bonchev–Trinajstić information content (AvgIpc) is 2.57. The Bertz CT molecular complexity index is 449. The van der Waals surface area contributed by atoms with Crippen molar-refractivity contribution in [2.24, 2.45) is 0 Å². The van der Waals surface area contributed by atoms with E-state index in [1.807, 2.05) is 12.1 Å². The Labute approximate surface area is 133 Å². The van der Waals surface area contributed by atoms with Gasteiger partial charge < -0.3 is 10.1 Å². The highest BCUT2D eigenvalue weighted by atomic mass is 16.5. The molecule has 22 heavy (non-hydrogen) atoms. The van der Waals surface area contributed by atoms with Crippen molar-refractivity contribution in [3.63, 3.8) is 0 Å². The van der Waals surface area contributed by atoms with Gasteiger partial charge in [-0.1, -0.05) is 26.0 Å². The highest BCUT2D eigenvalue weighted by Gasteiger charge is 2.12. The summed E-state index contributed by atoms with van der Waals surface area (Å²) in [7, 11) is 0. The molecule has 1 aliphatic rings. The van der Waals surface area contributed by atoms with E-state index in [-0.39, 0.29) is 5.91 Å². The monoisotopic (exact) mass is 304 g/mol. The average molecular weight is 304 g/mol. The summed E-state index contributed by atoms with van der Waals surface area (Å²) in [5.41, 5.74) is 2.08. The molecule has 1 fully saturated rings. The van der Waals surface area contributed by atoms with Crippen LogP contribution in [0.15, 0.2) is 24.3 Å². The highest BCUT2D eigenvalue weighted by molar-refractivity contribution is 5.94. The quantitative estimate of drug-likeness (QED) is 0.842. The SMILES string of the molecule is CCC(CC)c1ccc(C(=O)NCCN2CCOCC2)cc1. The topological polar surface area (TPSA) is 41.6 Å². The molecule has 0 atom stereocenters. The second-order valence-electron chi connectivity index (χ2n) is 5.85. The first-order chi connectivity index (χ1) is 10.7. The van der Waals surface area contributed by atoms with Crippen molar-refractivity contribution < 1.29 is 9.53 Å². The van der Waals surface area contributed by atoms with Gasteiger partial charge >= 0.3 is 0 Å². The smallest absolute Gasteiger partial charge is 0.251 e. The summed E-state index contributed by atoms with van der Waals surface area (Å²) in [5.74, 6) is 0.614. The molecule has 0 aromatic heterocycles. The first kappa shape index (κ1) is 17.0. The maximum absolute atomic E-state index is 12.2. The molecule has 0 bridgehead atoms. The second kappa shape index (κ2) is 8.91. The van der Waals surface area contributed by atoms with E-state index in [2.05, 4.69) is 36.2 Å². The number of carbonyl (C=O) groups is 1. The number of carbonyl (C=O) groups excluding carboxylic acids is 1. The molecule has 122 valence electrons. The van der Waals surface area contributed by atoms with Crippen molar-refractivity contribution >= 4 is 5.91 Å². The molecule has 1 heterocycles. The Hall–Kier alpha value is -1.39. The number of rotatable bonds is 7. The molecule has 0 radical (unpaired) electrons. The molecule has 1 saturated heterocycles. The van der Waals surface area contributed by atoms with Crippen LogP contribution in [0, 0.1) is 0 Å². The van der Waals surface area contributed by atoms with Gasteiger partial charge in [0.1, 0.15) is 0 Å². The molecule has 0 aliphatic carbocycles. The van der Waals surface area contributed by atoms with E-state index >= 15 is 0 Å². The van der Waals surface area contributed by atoms with Crippen LogP contribution >= 0.6 is 0 Å². The molecular weight excluding hydrogens is 276 g/mol. The number of benzene rings is 1. The van der Waals surface area contributed by atoms with Crippen molar-refractivity contribution in [2.75, 3.05) is 39.4 Å². The summed E-state index contributed by atoms with van der Waals surface area (Å²) in [4.78, 5) is 14.5. The van der Waals surface area contributed by atoms with Crippen LogP contribution in [0.3, 0.4) is 0 Å². The van der Waals surface area contributed by atoms with Crippen molar-refractivity contribution in [1.82, 2.24) is 10.2 Å². The van der Waals surface area contributed by atoms with Gasteiger partial charge in [0.15, 0.2) is 0 Å². The van der Waals surface area contributed by atoms with Crippen LogP contribution in [0.4, 0.5) is 0 Å². The zero-order valence-electron chi connectivity index (χ0n) is 13.8. The number of ether oxygens (including phenoxy) is 1. The van der Waals surface area contributed by atoms with Crippen LogP contribution in [0.5, 0.6) is 0 Å². The van der Waals surface area contributed by atoms with Crippen LogP contribution in [0.1, 0.15) is 48.5 Å². The van der Waals surface area contributed by atoms with Crippen LogP contribution < -0.4 is 5.32 Å². The predicted molar refractivity (Wildman–Crippen MR) is 89.4 cm³/mol. The van der Waals surface area contributed by atoms with Gasteiger partial charge in [0.05, 0.1) is 13.2 Å². The van der Waals surface area contributed by atoms with Crippen molar-refractivity contribution in [3.8, 4) is 0 Å².